The fourth-order valence-electron chi connectivity index (χ4n) is 12.4. The third-order valence-corrected chi connectivity index (χ3v) is 15.4. The van der Waals surface area contributed by atoms with E-state index in [1.54, 1.807) is 17.3 Å². The SMILES string of the molecule is CCC[C@H](NC(=O)OCC1c2ccccc2-c2ccccc21)C(=O)N(C)[C@H](C[C@@H](OC(C)=O)c1nc(C(=O)NC23C4C5C2C2C3C4C52C(=O)OC)cs1)C(C)C. The summed E-state index contributed by atoms with van der Waals surface area (Å²) in [6.45, 7) is 7.39. The van der Waals surface area contributed by atoms with Crippen molar-refractivity contribution in [2.45, 2.75) is 76.6 Å². The summed E-state index contributed by atoms with van der Waals surface area (Å²) in [6.07, 6.45) is -0.156. The van der Waals surface area contributed by atoms with Crippen LogP contribution in [0.4, 0.5) is 4.79 Å². The number of hydrogen-bond donors (Lipinski definition) is 2. The van der Waals surface area contributed by atoms with Crippen LogP contribution < -0.4 is 10.6 Å². The Morgan fingerprint density at radius 3 is 2.09 bits per heavy atom. The lowest BCUT2D eigenvalue weighted by atomic mass is 8.94. The van der Waals surface area contributed by atoms with E-state index in [0.717, 1.165) is 22.3 Å². The van der Waals surface area contributed by atoms with Gasteiger partial charge in [-0.2, -0.15) is 0 Å². The van der Waals surface area contributed by atoms with Crippen molar-refractivity contribution in [2.24, 2.45) is 46.8 Å². The summed E-state index contributed by atoms with van der Waals surface area (Å²) >= 11 is 1.25. The first-order chi connectivity index (χ1) is 26.9. The smallest absolute Gasteiger partial charge is 0.407 e. The van der Waals surface area contributed by atoms with E-state index in [1.807, 2.05) is 45.0 Å². The zero-order chi connectivity index (χ0) is 39.4. The van der Waals surface area contributed by atoms with E-state index in [9.17, 15) is 24.0 Å². The van der Waals surface area contributed by atoms with Crippen LogP contribution in [0, 0.1) is 46.8 Å². The molecule has 13 heteroatoms. The first kappa shape index (κ1) is 36.8. The quantitative estimate of drug-likeness (QED) is 0.146. The van der Waals surface area contributed by atoms with Crippen molar-refractivity contribution in [2.75, 3.05) is 20.8 Å². The molecule has 0 spiro atoms. The van der Waals surface area contributed by atoms with Gasteiger partial charge < -0.3 is 29.7 Å². The Morgan fingerprint density at radius 1 is 0.929 bits per heavy atom. The maximum atomic E-state index is 14.1. The number of methoxy groups -OCH3 is 1. The summed E-state index contributed by atoms with van der Waals surface area (Å²) in [4.78, 5) is 72.2. The molecule has 7 aliphatic rings. The number of aromatic nitrogens is 1. The largest absolute Gasteiger partial charge is 0.469 e. The van der Waals surface area contributed by atoms with Crippen molar-refractivity contribution in [3.05, 3.63) is 75.7 Å². The van der Waals surface area contributed by atoms with Gasteiger partial charge in [-0.05, 0) is 70.1 Å². The summed E-state index contributed by atoms with van der Waals surface area (Å²) in [7, 11) is 3.16. The van der Waals surface area contributed by atoms with E-state index in [2.05, 4.69) is 39.9 Å². The number of benzene rings is 2. The van der Waals surface area contributed by atoms with Crippen LogP contribution in [-0.4, -0.2) is 78.1 Å². The van der Waals surface area contributed by atoms with Crippen molar-refractivity contribution < 1.29 is 38.2 Å². The number of esters is 2. The molecule has 3 atom stereocenters. The number of alkyl carbamates (subject to hydrolysis) is 1. The van der Waals surface area contributed by atoms with Gasteiger partial charge in [-0.15, -0.1) is 11.3 Å². The van der Waals surface area contributed by atoms with E-state index in [4.69, 9.17) is 14.2 Å². The van der Waals surface area contributed by atoms with Crippen LogP contribution in [0.3, 0.4) is 0 Å². The van der Waals surface area contributed by atoms with Gasteiger partial charge in [0.1, 0.15) is 23.4 Å². The van der Waals surface area contributed by atoms with Crippen molar-refractivity contribution in [3.8, 4) is 11.1 Å². The monoisotopic (exact) mass is 780 g/mol. The van der Waals surface area contributed by atoms with Gasteiger partial charge in [0.2, 0.25) is 5.91 Å². The van der Waals surface area contributed by atoms with E-state index in [0.29, 0.717) is 53.4 Å². The highest BCUT2D eigenvalue weighted by Crippen LogP contribution is 3.07. The molecule has 2 N–H and O–H groups in total. The molecule has 0 radical (unpaired) electrons. The van der Waals surface area contributed by atoms with Crippen LogP contribution in [0.2, 0.25) is 0 Å². The average Bonchev–Trinajstić information content (AvgIpc) is 3.81. The fourth-order valence-corrected chi connectivity index (χ4v) is 13.2. The maximum Gasteiger partial charge on any atom is 0.407 e. The highest BCUT2D eigenvalue weighted by molar-refractivity contribution is 7.09. The Hall–Kier alpha value is -4.78. The van der Waals surface area contributed by atoms with Gasteiger partial charge in [0.05, 0.1) is 18.1 Å². The van der Waals surface area contributed by atoms with Crippen molar-refractivity contribution >= 4 is 41.2 Å². The number of carbonyl (C=O) groups excluding carboxylic acids is 5. The van der Waals surface area contributed by atoms with Gasteiger partial charge in [-0.1, -0.05) is 75.7 Å². The van der Waals surface area contributed by atoms with Gasteiger partial charge in [-0.3, -0.25) is 19.2 Å². The second kappa shape index (κ2) is 13.1. The molecule has 0 saturated heterocycles. The molecular formula is C43H48N4O8S. The van der Waals surface area contributed by atoms with Crippen LogP contribution in [0.1, 0.15) is 85.6 Å². The molecule has 3 amide bonds. The summed E-state index contributed by atoms with van der Waals surface area (Å²) in [6, 6.07) is 15.0. The molecule has 0 aliphatic heterocycles. The number of nitrogens with one attached hydrogen (secondary N) is 2. The number of carbonyl (C=O) groups is 5. The molecule has 6 fully saturated rings. The predicted octanol–water partition coefficient (Wildman–Crippen LogP) is 5.72. The van der Waals surface area contributed by atoms with Gasteiger partial charge in [0.25, 0.3) is 5.91 Å². The molecule has 3 aromatic rings. The first-order valence-electron chi connectivity index (χ1n) is 19.8. The van der Waals surface area contributed by atoms with Gasteiger partial charge >= 0.3 is 18.0 Å². The molecule has 12 nitrogen and oxygen atoms in total. The Balaban J connectivity index is 0.840. The number of nitrogens with zero attached hydrogens (tertiary/aromatic N) is 2. The topological polar surface area (TPSA) is 153 Å². The highest BCUT2D eigenvalue weighted by Gasteiger charge is 3.12. The van der Waals surface area contributed by atoms with E-state index in [-0.39, 0.29) is 59.3 Å². The maximum absolute atomic E-state index is 14.1. The molecule has 1 aromatic heterocycles. The normalized spacial score (nSPS) is 30.3. The lowest BCUT2D eigenvalue weighted by molar-refractivity contribution is -0.609. The van der Waals surface area contributed by atoms with E-state index < -0.39 is 30.3 Å². The zero-order valence-electron chi connectivity index (χ0n) is 32.4. The fraction of sp³-hybridized carbons (Fsp3) is 0.535. The molecule has 1 heterocycles. The third-order valence-electron chi connectivity index (χ3n) is 14.4. The molecule has 0 unspecified atom stereocenters. The highest BCUT2D eigenvalue weighted by atomic mass is 32.1. The van der Waals surface area contributed by atoms with Crippen LogP contribution in [0.15, 0.2) is 53.9 Å². The summed E-state index contributed by atoms with van der Waals surface area (Å²) in [5, 5.41) is 8.30. The zero-order valence-corrected chi connectivity index (χ0v) is 33.3. The third kappa shape index (κ3) is 4.75. The molecule has 56 heavy (non-hydrogen) atoms. The predicted molar refractivity (Wildman–Crippen MR) is 205 cm³/mol. The van der Waals surface area contributed by atoms with Crippen LogP contribution in [-0.2, 0) is 28.6 Å². The van der Waals surface area contributed by atoms with Crippen molar-refractivity contribution in [1.82, 2.24) is 20.5 Å². The van der Waals surface area contributed by atoms with Gasteiger partial charge in [0.15, 0.2) is 6.10 Å². The molecular weight excluding hydrogens is 733 g/mol. The van der Waals surface area contributed by atoms with Crippen molar-refractivity contribution in [1.29, 1.82) is 0 Å². The number of thiazole rings is 1. The number of hydrogen-bond acceptors (Lipinski definition) is 10. The van der Waals surface area contributed by atoms with Crippen LogP contribution in [0.5, 0.6) is 0 Å². The minimum atomic E-state index is -0.827. The average molecular weight is 781 g/mol. The second-order valence-corrected chi connectivity index (χ2v) is 17.8. The Labute approximate surface area is 330 Å². The number of rotatable bonds is 15. The summed E-state index contributed by atoms with van der Waals surface area (Å²) in [5.74, 6) is 0.726. The van der Waals surface area contributed by atoms with E-state index >= 15 is 0 Å². The number of likely N-dealkylation sites (N-methyl/N-ethyl adjacent to an activating group) is 1. The van der Waals surface area contributed by atoms with Crippen molar-refractivity contribution in [3.63, 3.8) is 0 Å². The lowest BCUT2D eigenvalue weighted by Gasteiger charge is -3.09. The molecule has 0 bridgehead atoms. The van der Waals surface area contributed by atoms with E-state index in [1.165, 1.54) is 25.4 Å². The standard InChI is InChI=1S/C43H48N4O8S/c1-7-12-27(45-41(52)54-18-26-24-15-10-8-13-22(24)23-14-9-11-16-25(23)26)39(50)47(5)29(20(2)3)17-30(55-21(4)48)38-44-28(19-56-38)37(49)46-43-34-31-35(43)33-36(43)32(34)42(31,33)40(51)53-6/h8-11,13-16,19-20,26-27,29-36H,7,12,17-18H2,1-6H3,(H,45,52)(H,46,49)/t27-,29+,30+,31?,32?,33?,34?,35?,36?,42?,43?/m0/s1. The molecule has 7 aliphatic carbocycles. The minimum Gasteiger partial charge on any atom is -0.469 e. The molecule has 10 rings (SSSR count). The molecule has 294 valence electrons. The summed E-state index contributed by atoms with van der Waals surface area (Å²) in [5.41, 5.74) is 4.23. The first-order valence-corrected chi connectivity index (χ1v) is 20.7. The van der Waals surface area contributed by atoms with Gasteiger partial charge in [0, 0.05) is 37.7 Å². The lowest BCUT2D eigenvalue weighted by Crippen LogP contribution is -3.16. The number of amides is 3. The van der Waals surface area contributed by atoms with Crippen LogP contribution >= 0.6 is 11.3 Å². The van der Waals surface area contributed by atoms with Gasteiger partial charge in [-0.25, -0.2) is 9.78 Å². The molecule has 2 aromatic carbocycles. The Bertz CT molecular complexity index is 2050. The number of ether oxygens (including phenoxy) is 3. The van der Waals surface area contributed by atoms with Crippen LogP contribution in [0.25, 0.3) is 11.1 Å². The summed E-state index contributed by atoms with van der Waals surface area (Å²) < 4.78 is 16.7. The Morgan fingerprint density at radius 2 is 1.54 bits per heavy atom. The number of fused-ring (bicyclic) bond motifs is 3. The second-order valence-electron chi connectivity index (χ2n) is 16.9. The molecule has 6 saturated carbocycles. The Kier molecular flexibility index (Phi) is 8.64. The minimum absolute atomic E-state index is 0.0523.